The Hall–Kier alpha value is -3.56. The molecule has 0 amide bonds. The lowest BCUT2D eigenvalue weighted by molar-refractivity contribution is 0.0473. The Labute approximate surface area is 198 Å². The van der Waals surface area contributed by atoms with Crippen molar-refractivity contribution < 1.29 is 23.8 Å². The number of aromatic nitrogens is 2. The molecule has 0 aliphatic heterocycles. The number of anilines is 1. The Kier molecular flexibility index (Phi) is 9.47. The number of ether oxygens (including phenoxy) is 3. The van der Waals surface area contributed by atoms with Gasteiger partial charge in [-0.1, -0.05) is 27.2 Å². The summed E-state index contributed by atoms with van der Waals surface area (Å²) in [6, 6.07) is 4.59. The summed E-state index contributed by atoms with van der Waals surface area (Å²) in [4.78, 5) is 50.3. The Morgan fingerprint density at radius 3 is 2.41 bits per heavy atom. The molecule has 34 heavy (non-hydrogen) atoms. The average Bonchev–Trinajstić information content (AvgIpc) is 2.80. The molecule has 0 fully saturated rings. The molecule has 0 spiro atoms. The van der Waals surface area contributed by atoms with Crippen LogP contribution in [0.4, 0.5) is 5.82 Å². The van der Waals surface area contributed by atoms with E-state index < -0.39 is 29.6 Å². The smallest absolute Gasteiger partial charge is 0.338 e. The van der Waals surface area contributed by atoms with Crippen LogP contribution in [0.25, 0.3) is 0 Å². The summed E-state index contributed by atoms with van der Waals surface area (Å²) in [7, 11) is 1.27. The number of carbonyl (C=O) groups is 2. The van der Waals surface area contributed by atoms with Crippen LogP contribution in [0, 0.1) is 5.92 Å². The molecule has 1 heterocycles. The molecule has 0 aliphatic carbocycles. The van der Waals surface area contributed by atoms with E-state index in [9.17, 15) is 19.2 Å². The van der Waals surface area contributed by atoms with E-state index in [4.69, 9.17) is 19.9 Å². The van der Waals surface area contributed by atoms with Gasteiger partial charge in [-0.25, -0.2) is 9.59 Å². The van der Waals surface area contributed by atoms with Crippen LogP contribution in [0.2, 0.25) is 0 Å². The van der Waals surface area contributed by atoms with E-state index in [2.05, 4.69) is 6.92 Å². The molecular weight excluding hydrogens is 442 g/mol. The van der Waals surface area contributed by atoms with Gasteiger partial charge in [0.05, 0.1) is 18.8 Å². The molecule has 2 aromatic rings. The van der Waals surface area contributed by atoms with Gasteiger partial charge in [0.2, 0.25) is 5.78 Å². The molecule has 2 rings (SSSR count). The first-order valence-corrected chi connectivity index (χ1v) is 11.3. The second kappa shape index (κ2) is 12.1. The zero-order valence-corrected chi connectivity index (χ0v) is 20.4. The molecule has 0 atom stereocenters. The first-order valence-electron chi connectivity index (χ1n) is 11.3. The van der Waals surface area contributed by atoms with Crippen LogP contribution in [0.15, 0.2) is 27.8 Å². The highest BCUT2D eigenvalue weighted by molar-refractivity contribution is 6.02. The van der Waals surface area contributed by atoms with Gasteiger partial charge in [-0.15, -0.1) is 0 Å². The molecule has 0 radical (unpaired) electrons. The normalized spacial score (nSPS) is 10.9. The Bertz CT molecular complexity index is 1150. The lowest BCUT2D eigenvalue weighted by atomic mass is 10.1. The quantitative estimate of drug-likeness (QED) is 0.281. The number of hydrogen-bond donors (Lipinski definition) is 1. The fourth-order valence-corrected chi connectivity index (χ4v) is 3.22. The zero-order chi connectivity index (χ0) is 25.4. The topological polar surface area (TPSA) is 132 Å². The van der Waals surface area contributed by atoms with Crippen molar-refractivity contribution in [2.45, 2.75) is 47.1 Å². The molecule has 186 valence electrons. The van der Waals surface area contributed by atoms with Crippen LogP contribution in [0.3, 0.4) is 0 Å². The SMILES string of the molecule is CCCCOc1ccc(C(=O)OCC(=O)c2c(N)n(CC(C)C)c(=O)n(C)c2=O)cc1OCC. The predicted molar refractivity (Wildman–Crippen MR) is 128 cm³/mol. The van der Waals surface area contributed by atoms with Crippen molar-refractivity contribution in [2.75, 3.05) is 25.6 Å². The fraction of sp³-hybridized carbons (Fsp3) is 0.500. The lowest BCUT2D eigenvalue weighted by Crippen LogP contribution is -2.43. The van der Waals surface area contributed by atoms with Crippen molar-refractivity contribution in [3.05, 3.63) is 50.2 Å². The number of unbranched alkanes of at least 4 members (excludes halogenated alkanes) is 1. The van der Waals surface area contributed by atoms with Crippen molar-refractivity contribution in [1.29, 1.82) is 0 Å². The Morgan fingerprint density at radius 2 is 1.79 bits per heavy atom. The summed E-state index contributed by atoms with van der Waals surface area (Å²) in [6.07, 6.45) is 1.86. The number of carbonyl (C=O) groups excluding carboxylic acids is 2. The number of nitrogens with two attached hydrogens (primary N) is 1. The zero-order valence-electron chi connectivity index (χ0n) is 20.4. The highest BCUT2D eigenvalue weighted by Gasteiger charge is 2.23. The molecular formula is C24H33N3O7. The molecule has 0 saturated heterocycles. The number of nitrogen functional groups attached to an aromatic ring is 1. The van der Waals surface area contributed by atoms with E-state index in [1.807, 2.05) is 20.8 Å². The van der Waals surface area contributed by atoms with Crippen LogP contribution in [0.1, 0.15) is 61.3 Å². The second-order valence-electron chi connectivity index (χ2n) is 8.21. The third kappa shape index (κ3) is 6.27. The predicted octanol–water partition coefficient (Wildman–Crippen LogP) is 2.40. The molecule has 0 aliphatic rings. The van der Waals surface area contributed by atoms with E-state index >= 15 is 0 Å². The first-order chi connectivity index (χ1) is 16.1. The number of nitrogens with zero attached hydrogens (tertiary/aromatic N) is 2. The molecule has 1 aromatic carbocycles. The summed E-state index contributed by atoms with van der Waals surface area (Å²) >= 11 is 0. The van der Waals surface area contributed by atoms with Crippen LogP contribution in [-0.2, 0) is 18.3 Å². The molecule has 0 saturated carbocycles. The van der Waals surface area contributed by atoms with E-state index in [1.54, 1.807) is 6.07 Å². The van der Waals surface area contributed by atoms with Crippen molar-refractivity contribution in [3.63, 3.8) is 0 Å². The number of Topliss-reactive ketones (excluding diaryl/α,β-unsaturated/α-hetero) is 1. The van der Waals surface area contributed by atoms with Crippen LogP contribution < -0.4 is 26.5 Å². The van der Waals surface area contributed by atoms with Gasteiger partial charge in [0.1, 0.15) is 11.4 Å². The number of esters is 1. The first kappa shape index (κ1) is 26.7. The van der Waals surface area contributed by atoms with Crippen LogP contribution >= 0.6 is 0 Å². The molecule has 10 nitrogen and oxygen atoms in total. The van der Waals surface area contributed by atoms with Crippen molar-refractivity contribution in [2.24, 2.45) is 13.0 Å². The molecule has 0 unspecified atom stereocenters. The fourth-order valence-electron chi connectivity index (χ4n) is 3.22. The Balaban J connectivity index is 2.23. The van der Waals surface area contributed by atoms with Crippen LogP contribution in [-0.4, -0.2) is 40.7 Å². The summed E-state index contributed by atoms with van der Waals surface area (Å²) < 4.78 is 18.4. The highest BCUT2D eigenvalue weighted by Crippen LogP contribution is 2.29. The third-order valence-electron chi connectivity index (χ3n) is 4.98. The average molecular weight is 476 g/mol. The molecule has 1 aromatic heterocycles. The van der Waals surface area contributed by atoms with E-state index in [0.717, 1.165) is 17.4 Å². The van der Waals surface area contributed by atoms with Gasteiger partial charge in [-0.2, -0.15) is 0 Å². The van der Waals surface area contributed by atoms with Gasteiger partial charge in [0.25, 0.3) is 5.56 Å². The van der Waals surface area contributed by atoms with Crippen molar-refractivity contribution >= 4 is 17.6 Å². The minimum Gasteiger partial charge on any atom is -0.490 e. The van der Waals surface area contributed by atoms with E-state index in [1.165, 1.54) is 23.7 Å². The summed E-state index contributed by atoms with van der Waals surface area (Å²) in [5, 5.41) is 0. The number of ketones is 1. The molecule has 10 heteroatoms. The summed E-state index contributed by atoms with van der Waals surface area (Å²) in [5.74, 6) is -0.875. The van der Waals surface area contributed by atoms with Crippen LogP contribution in [0.5, 0.6) is 11.5 Å². The Morgan fingerprint density at radius 1 is 1.09 bits per heavy atom. The number of benzene rings is 1. The maximum atomic E-state index is 12.8. The molecule has 2 N–H and O–H groups in total. The number of hydrogen-bond acceptors (Lipinski definition) is 8. The van der Waals surface area contributed by atoms with Gasteiger partial charge >= 0.3 is 11.7 Å². The van der Waals surface area contributed by atoms with Gasteiger partial charge in [-0.05, 0) is 37.5 Å². The standard InChI is InChI=1S/C24H33N3O7/c1-6-8-11-33-18-10-9-16(12-19(18)32-7-2)23(30)34-14-17(28)20-21(25)27(13-15(3)4)24(31)26(5)22(20)29/h9-10,12,15H,6-8,11,13-14,25H2,1-5H3. The minimum absolute atomic E-state index is 0.0479. The van der Waals surface area contributed by atoms with Gasteiger partial charge in [0, 0.05) is 13.6 Å². The second-order valence-corrected chi connectivity index (χ2v) is 8.21. The molecule has 0 bridgehead atoms. The minimum atomic E-state index is -0.837. The summed E-state index contributed by atoms with van der Waals surface area (Å²) in [6.45, 7) is 8.01. The largest absolute Gasteiger partial charge is 0.490 e. The lowest BCUT2D eigenvalue weighted by Gasteiger charge is -2.16. The van der Waals surface area contributed by atoms with Crippen molar-refractivity contribution in [1.82, 2.24) is 9.13 Å². The maximum absolute atomic E-state index is 12.8. The summed E-state index contributed by atoms with van der Waals surface area (Å²) in [5.41, 5.74) is 4.32. The van der Waals surface area contributed by atoms with E-state index in [0.29, 0.717) is 24.7 Å². The maximum Gasteiger partial charge on any atom is 0.338 e. The van der Waals surface area contributed by atoms with Crippen molar-refractivity contribution in [3.8, 4) is 11.5 Å². The van der Waals surface area contributed by atoms with Gasteiger partial charge in [0.15, 0.2) is 18.1 Å². The third-order valence-corrected chi connectivity index (χ3v) is 4.98. The monoisotopic (exact) mass is 475 g/mol. The van der Waals surface area contributed by atoms with Gasteiger partial charge < -0.3 is 19.9 Å². The number of rotatable bonds is 12. The highest BCUT2D eigenvalue weighted by atomic mass is 16.5. The van der Waals surface area contributed by atoms with E-state index in [-0.39, 0.29) is 29.4 Å². The van der Waals surface area contributed by atoms with Gasteiger partial charge in [-0.3, -0.25) is 18.7 Å².